The lowest BCUT2D eigenvalue weighted by molar-refractivity contribution is 0.677. The average molecular weight is 240 g/mol. The molecular formula is C10H10ClN3S. The van der Waals surface area contributed by atoms with Gasteiger partial charge in [-0.25, -0.2) is 0 Å². The molecule has 0 bridgehead atoms. The predicted molar refractivity (Wildman–Crippen MR) is 61.9 cm³/mol. The van der Waals surface area contributed by atoms with Crippen LogP contribution >= 0.6 is 23.1 Å². The molecule has 5 heteroatoms. The predicted octanol–water partition coefficient (Wildman–Crippen LogP) is 2.48. The molecule has 0 radical (unpaired) electrons. The van der Waals surface area contributed by atoms with Gasteiger partial charge in [-0.15, -0.1) is 5.10 Å². The molecule has 3 nitrogen and oxygen atoms in total. The van der Waals surface area contributed by atoms with Gasteiger partial charge in [0.15, 0.2) is 0 Å². The summed E-state index contributed by atoms with van der Waals surface area (Å²) in [7, 11) is 0. The Morgan fingerprint density at radius 3 is 3.00 bits per heavy atom. The lowest BCUT2D eigenvalue weighted by atomic mass is 10.2. The summed E-state index contributed by atoms with van der Waals surface area (Å²) >= 11 is 7.24. The molecule has 78 valence electrons. The van der Waals surface area contributed by atoms with Crippen molar-refractivity contribution in [2.24, 2.45) is 0 Å². The number of nitrogens with zero attached hydrogens (tertiary/aromatic N) is 2. The number of aromatic nitrogens is 2. The first-order valence-electron chi connectivity index (χ1n) is 4.56. The molecule has 0 aliphatic rings. The van der Waals surface area contributed by atoms with Gasteiger partial charge in [-0.3, -0.25) is 0 Å². The van der Waals surface area contributed by atoms with Gasteiger partial charge in [-0.1, -0.05) is 28.2 Å². The van der Waals surface area contributed by atoms with Crippen molar-refractivity contribution in [1.82, 2.24) is 14.9 Å². The van der Waals surface area contributed by atoms with Gasteiger partial charge < -0.3 is 5.32 Å². The average Bonchev–Trinajstić information content (AvgIpc) is 2.71. The first-order chi connectivity index (χ1) is 7.34. The van der Waals surface area contributed by atoms with Gasteiger partial charge in [-0.05, 0) is 29.2 Å². The molecule has 1 N–H and O–H groups in total. The van der Waals surface area contributed by atoms with Gasteiger partial charge >= 0.3 is 0 Å². The molecule has 0 saturated heterocycles. The minimum atomic E-state index is 0.739. The van der Waals surface area contributed by atoms with Crippen molar-refractivity contribution in [3.8, 4) is 0 Å². The van der Waals surface area contributed by atoms with Crippen LogP contribution in [-0.2, 0) is 13.1 Å². The minimum absolute atomic E-state index is 0.739. The van der Waals surface area contributed by atoms with Crippen molar-refractivity contribution in [2.75, 3.05) is 0 Å². The molecule has 0 fully saturated rings. The molecule has 0 aliphatic heterocycles. The highest BCUT2D eigenvalue weighted by Gasteiger charge is 1.96. The second kappa shape index (κ2) is 5.21. The number of hydrogen-bond donors (Lipinski definition) is 1. The summed E-state index contributed by atoms with van der Waals surface area (Å²) in [5, 5.41) is 9.93. The van der Waals surface area contributed by atoms with E-state index < -0.39 is 0 Å². The topological polar surface area (TPSA) is 37.8 Å². The molecule has 15 heavy (non-hydrogen) atoms. The van der Waals surface area contributed by atoms with Crippen molar-refractivity contribution >= 4 is 23.1 Å². The summed E-state index contributed by atoms with van der Waals surface area (Å²) in [6.45, 7) is 1.53. The zero-order valence-electron chi connectivity index (χ0n) is 7.98. The molecule has 0 unspecified atom stereocenters. The molecule has 1 aromatic heterocycles. The molecule has 0 atom stereocenters. The fourth-order valence-electron chi connectivity index (χ4n) is 1.24. The Morgan fingerprint density at radius 2 is 2.27 bits per heavy atom. The van der Waals surface area contributed by atoms with E-state index in [9.17, 15) is 0 Å². The summed E-state index contributed by atoms with van der Waals surface area (Å²) < 4.78 is 3.79. The van der Waals surface area contributed by atoms with Crippen LogP contribution in [0.5, 0.6) is 0 Å². The van der Waals surface area contributed by atoms with Crippen molar-refractivity contribution in [3.63, 3.8) is 0 Å². The summed E-state index contributed by atoms with van der Waals surface area (Å²) in [5.74, 6) is 0. The minimum Gasteiger partial charge on any atom is -0.307 e. The molecule has 0 spiro atoms. The maximum absolute atomic E-state index is 5.87. The number of rotatable bonds is 4. The zero-order chi connectivity index (χ0) is 10.5. The Labute approximate surface area is 97.3 Å². The SMILES string of the molecule is Clc1cccc(CNCc2csnn2)c1. The van der Waals surface area contributed by atoms with Crippen LogP contribution in [-0.4, -0.2) is 9.59 Å². The standard InChI is InChI=1S/C10H10ClN3S/c11-9-3-1-2-8(4-9)5-12-6-10-7-15-14-13-10/h1-4,7,12H,5-6H2. The second-order valence-corrected chi connectivity index (χ2v) is 4.18. The van der Waals surface area contributed by atoms with E-state index in [-0.39, 0.29) is 0 Å². The number of benzene rings is 1. The first-order valence-corrected chi connectivity index (χ1v) is 5.77. The van der Waals surface area contributed by atoms with Gasteiger partial charge in [0.2, 0.25) is 0 Å². The van der Waals surface area contributed by atoms with Crippen LogP contribution < -0.4 is 5.32 Å². The largest absolute Gasteiger partial charge is 0.307 e. The van der Waals surface area contributed by atoms with Crippen molar-refractivity contribution in [3.05, 3.63) is 45.9 Å². The summed E-state index contributed by atoms with van der Waals surface area (Å²) in [4.78, 5) is 0. The third-order valence-electron chi connectivity index (χ3n) is 1.93. The quantitative estimate of drug-likeness (QED) is 0.891. The smallest absolute Gasteiger partial charge is 0.0893 e. The van der Waals surface area contributed by atoms with E-state index in [1.165, 1.54) is 17.1 Å². The van der Waals surface area contributed by atoms with Crippen LogP contribution in [0, 0.1) is 0 Å². The summed E-state index contributed by atoms with van der Waals surface area (Å²) in [6, 6.07) is 7.81. The van der Waals surface area contributed by atoms with E-state index >= 15 is 0 Å². The Hall–Kier alpha value is -0.970. The van der Waals surface area contributed by atoms with E-state index in [4.69, 9.17) is 11.6 Å². The lowest BCUT2D eigenvalue weighted by Gasteiger charge is -2.02. The molecular weight excluding hydrogens is 230 g/mol. The lowest BCUT2D eigenvalue weighted by Crippen LogP contribution is -2.12. The Kier molecular flexibility index (Phi) is 3.66. The number of hydrogen-bond acceptors (Lipinski definition) is 4. The van der Waals surface area contributed by atoms with E-state index in [0.717, 1.165) is 23.8 Å². The van der Waals surface area contributed by atoms with Crippen LogP contribution in [0.25, 0.3) is 0 Å². The van der Waals surface area contributed by atoms with Crippen LogP contribution in [0.4, 0.5) is 0 Å². The van der Waals surface area contributed by atoms with Crippen LogP contribution in [0.1, 0.15) is 11.3 Å². The van der Waals surface area contributed by atoms with E-state index in [1.807, 2.05) is 29.6 Å². The highest BCUT2D eigenvalue weighted by molar-refractivity contribution is 7.03. The van der Waals surface area contributed by atoms with Crippen molar-refractivity contribution in [1.29, 1.82) is 0 Å². The Balaban J connectivity index is 1.83. The van der Waals surface area contributed by atoms with Gasteiger partial charge in [-0.2, -0.15) is 0 Å². The van der Waals surface area contributed by atoms with Crippen LogP contribution in [0.3, 0.4) is 0 Å². The van der Waals surface area contributed by atoms with Crippen LogP contribution in [0.15, 0.2) is 29.6 Å². The van der Waals surface area contributed by atoms with Gasteiger partial charge in [0.1, 0.15) is 0 Å². The van der Waals surface area contributed by atoms with Crippen molar-refractivity contribution in [2.45, 2.75) is 13.1 Å². The second-order valence-electron chi connectivity index (χ2n) is 3.13. The van der Waals surface area contributed by atoms with Crippen molar-refractivity contribution < 1.29 is 0 Å². The molecule has 2 rings (SSSR count). The molecule has 1 heterocycles. The molecule has 0 aliphatic carbocycles. The van der Waals surface area contributed by atoms with Gasteiger partial charge in [0.05, 0.1) is 5.69 Å². The Morgan fingerprint density at radius 1 is 1.33 bits per heavy atom. The summed E-state index contributed by atoms with van der Waals surface area (Å²) in [6.07, 6.45) is 0. The first kappa shape index (κ1) is 10.5. The van der Waals surface area contributed by atoms with Gasteiger partial charge in [0.25, 0.3) is 0 Å². The monoisotopic (exact) mass is 239 g/mol. The van der Waals surface area contributed by atoms with Crippen LogP contribution in [0.2, 0.25) is 5.02 Å². The van der Waals surface area contributed by atoms with E-state index in [1.54, 1.807) is 0 Å². The third kappa shape index (κ3) is 3.27. The van der Waals surface area contributed by atoms with E-state index in [0.29, 0.717) is 0 Å². The zero-order valence-corrected chi connectivity index (χ0v) is 9.55. The number of nitrogens with one attached hydrogen (secondary N) is 1. The fourth-order valence-corrected chi connectivity index (χ4v) is 1.91. The third-order valence-corrected chi connectivity index (χ3v) is 2.72. The molecule has 0 saturated carbocycles. The molecule has 2 aromatic rings. The molecule has 1 aromatic carbocycles. The van der Waals surface area contributed by atoms with Gasteiger partial charge in [0, 0.05) is 23.5 Å². The number of halogens is 1. The fraction of sp³-hybridized carbons (Fsp3) is 0.200. The molecule has 0 amide bonds. The maximum Gasteiger partial charge on any atom is 0.0893 e. The maximum atomic E-state index is 5.87. The summed E-state index contributed by atoms with van der Waals surface area (Å²) in [5.41, 5.74) is 2.15. The highest BCUT2D eigenvalue weighted by atomic mass is 35.5. The normalized spacial score (nSPS) is 10.5. The van der Waals surface area contributed by atoms with E-state index in [2.05, 4.69) is 14.9 Å². The highest BCUT2D eigenvalue weighted by Crippen LogP contribution is 2.10. The Bertz CT molecular complexity index is 416.